The molecule has 2 heterocycles. The van der Waals surface area contributed by atoms with Crippen LogP contribution in [-0.4, -0.2) is 101 Å². The molecule has 9 nitrogen and oxygen atoms in total. The number of rotatable bonds is 14. The molecule has 1 saturated carbocycles. The van der Waals surface area contributed by atoms with Crippen LogP contribution in [-0.2, 0) is 9.59 Å². The van der Waals surface area contributed by atoms with E-state index in [1.807, 2.05) is 24.0 Å². The predicted octanol–water partition coefficient (Wildman–Crippen LogP) is 4.80. The molecule has 0 bridgehead atoms. The molecule has 3 aliphatic rings. The third-order valence-electron chi connectivity index (χ3n) is 9.95. The molecule has 2 saturated heterocycles. The van der Waals surface area contributed by atoms with Crippen LogP contribution in [0.25, 0.3) is 0 Å². The maximum Gasteiger partial charge on any atom is 0.254 e. The van der Waals surface area contributed by atoms with Crippen molar-refractivity contribution in [3.8, 4) is 17.6 Å². The summed E-state index contributed by atoms with van der Waals surface area (Å²) in [5.74, 6) is 6.45. The molecule has 2 N–H and O–H groups in total. The number of likely N-dealkylation sites (tertiary alicyclic amines) is 1. The molecular formula is C36H55ClN4O5. The van der Waals surface area contributed by atoms with Crippen LogP contribution in [0.1, 0.15) is 108 Å². The van der Waals surface area contributed by atoms with Crippen LogP contribution < -0.4 is 10.1 Å². The number of halogens is 1. The first-order valence-electron chi connectivity index (χ1n) is 17.2. The van der Waals surface area contributed by atoms with Gasteiger partial charge in [0.15, 0.2) is 0 Å². The fourth-order valence-corrected chi connectivity index (χ4v) is 7.10. The van der Waals surface area contributed by atoms with E-state index in [-0.39, 0.29) is 30.1 Å². The van der Waals surface area contributed by atoms with Crippen molar-refractivity contribution in [1.29, 1.82) is 0 Å². The summed E-state index contributed by atoms with van der Waals surface area (Å²) in [6, 6.07) is 6.66. The standard InChI is InChI=1S/C36H54N4O5.ClH/c1-4-7-23-39(6-3)32(41)29-14-16-30(17-15-29)45-27-13-12-22-38-25-20-36(21-26-38)34(43)37-31(33(42)40(36)24-8-5-2)28-35(44)18-10-9-11-19-35;/h14-17,31,44H,5-6,8-13,18-28H2,1-3H3,(H,37,43);1H/t31-;/m1./s1. The van der Waals surface area contributed by atoms with Crippen LogP contribution in [0.3, 0.4) is 0 Å². The molecule has 3 amide bonds. The number of benzene rings is 1. The maximum atomic E-state index is 13.8. The van der Waals surface area contributed by atoms with E-state index in [9.17, 15) is 19.5 Å². The number of aliphatic hydroxyl groups is 1. The number of nitrogens with zero attached hydrogens (tertiary/aromatic N) is 3. The molecular weight excluding hydrogens is 604 g/mol. The highest BCUT2D eigenvalue weighted by Crippen LogP contribution is 2.37. The lowest BCUT2D eigenvalue weighted by molar-refractivity contribution is -0.163. The highest BCUT2D eigenvalue weighted by molar-refractivity contribution is 6.00. The van der Waals surface area contributed by atoms with E-state index in [2.05, 4.69) is 29.0 Å². The number of amides is 3. The van der Waals surface area contributed by atoms with E-state index in [0.717, 1.165) is 70.3 Å². The zero-order valence-electron chi connectivity index (χ0n) is 28.2. The van der Waals surface area contributed by atoms with E-state index in [4.69, 9.17) is 4.74 Å². The molecule has 3 fully saturated rings. The number of unbranched alkanes of at least 4 members (excludes halogenated alkanes) is 2. The van der Waals surface area contributed by atoms with Gasteiger partial charge in [-0.25, -0.2) is 0 Å². The van der Waals surface area contributed by atoms with Gasteiger partial charge in [0.05, 0.1) is 18.8 Å². The van der Waals surface area contributed by atoms with Crippen molar-refractivity contribution in [1.82, 2.24) is 20.0 Å². The lowest BCUT2D eigenvalue weighted by Crippen LogP contribution is -2.73. The van der Waals surface area contributed by atoms with Gasteiger partial charge in [0.2, 0.25) is 11.8 Å². The topological polar surface area (TPSA) is 102 Å². The Bertz CT molecular complexity index is 1200. The Balaban J connectivity index is 0.00000576. The summed E-state index contributed by atoms with van der Waals surface area (Å²) in [7, 11) is 0. The second kappa shape index (κ2) is 17.9. The highest BCUT2D eigenvalue weighted by atomic mass is 35.5. The van der Waals surface area contributed by atoms with Gasteiger partial charge in [-0.3, -0.25) is 14.4 Å². The summed E-state index contributed by atoms with van der Waals surface area (Å²) in [6.45, 7) is 10.5. The van der Waals surface area contributed by atoms with Crippen LogP contribution in [0.5, 0.6) is 5.75 Å². The minimum Gasteiger partial charge on any atom is -0.494 e. The van der Waals surface area contributed by atoms with Crippen LogP contribution in [0, 0.1) is 11.8 Å². The first-order chi connectivity index (χ1) is 21.7. The molecule has 1 spiro atoms. The van der Waals surface area contributed by atoms with Gasteiger partial charge >= 0.3 is 0 Å². The first kappa shape index (κ1) is 37.7. The summed E-state index contributed by atoms with van der Waals surface area (Å²) >= 11 is 0. The van der Waals surface area contributed by atoms with Gasteiger partial charge < -0.3 is 29.9 Å². The normalized spacial score (nSPS) is 20.7. The molecule has 2 aliphatic heterocycles. The minimum atomic E-state index is -0.858. The quantitative estimate of drug-likeness (QED) is 0.220. The van der Waals surface area contributed by atoms with Crippen LogP contribution in [0.2, 0.25) is 0 Å². The summed E-state index contributed by atoms with van der Waals surface area (Å²) in [6.07, 6.45) is 9.74. The number of carbonyl (C=O) groups excluding carboxylic acids is 3. The molecule has 1 aromatic rings. The Labute approximate surface area is 282 Å². The van der Waals surface area contributed by atoms with Gasteiger partial charge in [-0.1, -0.05) is 38.5 Å². The molecule has 0 aromatic heterocycles. The number of hydrogen-bond donors (Lipinski definition) is 2. The van der Waals surface area contributed by atoms with Gasteiger partial charge in [-0.05, 0) is 89.6 Å². The maximum absolute atomic E-state index is 13.8. The fraction of sp³-hybridized carbons (Fsp3) is 0.694. The predicted molar refractivity (Wildman–Crippen MR) is 183 cm³/mol. The number of ether oxygens (including phenoxy) is 1. The molecule has 0 unspecified atom stereocenters. The molecule has 10 heteroatoms. The van der Waals surface area contributed by atoms with E-state index < -0.39 is 17.2 Å². The Morgan fingerprint density at radius 1 is 1.02 bits per heavy atom. The second-order valence-electron chi connectivity index (χ2n) is 13.1. The Morgan fingerprint density at radius 3 is 2.35 bits per heavy atom. The molecule has 1 atom stereocenters. The Morgan fingerprint density at radius 2 is 1.72 bits per heavy atom. The van der Waals surface area contributed by atoms with Crippen LogP contribution >= 0.6 is 12.4 Å². The number of piperazine rings is 1. The van der Waals surface area contributed by atoms with Crippen molar-refractivity contribution in [3.63, 3.8) is 0 Å². The van der Waals surface area contributed by atoms with Crippen LogP contribution in [0.15, 0.2) is 24.3 Å². The van der Waals surface area contributed by atoms with Crippen molar-refractivity contribution >= 4 is 30.1 Å². The molecule has 46 heavy (non-hydrogen) atoms. The largest absolute Gasteiger partial charge is 0.494 e. The average Bonchev–Trinajstić information content (AvgIpc) is 3.05. The summed E-state index contributed by atoms with van der Waals surface area (Å²) < 4.78 is 5.94. The van der Waals surface area contributed by atoms with Crippen molar-refractivity contribution in [2.45, 2.75) is 115 Å². The van der Waals surface area contributed by atoms with Crippen LogP contribution in [0.4, 0.5) is 0 Å². The summed E-state index contributed by atoms with van der Waals surface area (Å²) in [5.41, 5.74) is -1.02. The van der Waals surface area contributed by atoms with Crippen molar-refractivity contribution in [2.75, 3.05) is 45.9 Å². The van der Waals surface area contributed by atoms with E-state index >= 15 is 0 Å². The van der Waals surface area contributed by atoms with Crippen molar-refractivity contribution < 1.29 is 24.2 Å². The van der Waals surface area contributed by atoms with Gasteiger partial charge in [0.25, 0.3) is 5.91 Å². The van der Waals surface area contributed by atoms with Gasteiger partial charge in [-0.2, -0.15) is 0 Å². The first-order valence-corrected chi connectivity index (χ1v) is 17.2. The second-order valence-corrected chi connectivity index (χ2v) is 13.1. The molecule has 1 aromatic carbocycles. The minimum absolute atomic E-state index is 0. The fourth-order valence-electron chi connectivity index (χ4n) is 7.10. The van der Waals surface area contributed by atoms with Crippen molar-refractivity contribution in [3.05, 3.63) is 29.8 Å². The number of hydrogen-bond acceptors (Lipinski definition) is 6. The SMILES string of the molecule is CC#CCN(CC)C(=O)c1ccc(OCCCCN2CCC3(CC2)C(=O)N[C@H](CC2(O)CCCCC2)C(=O)N3CCCC)cc1.Cl. The van der Waals surface area contributed by atoms with E-state index in [1.165, 1.54) is 0 Å². The van der Waals surface area contributed by atoms with Gasteiger partial charge in [0, 0.05) is 38.2 Å². The third-order valence-corrected chi connectivity index (χ3v) is 9.95. The monoisotopic (exact) mass is 658 g/mol. The molecule has 1 aliphatic carbocycles. The zero-order chi connectivity index (χ0) is 32.3. The number of nitrogens with one attached hydrogen (secondary N) is 1. The average molecular weight is 659 g/mol. The summed E-state index contributed by atoms with van der Waals surface area (Å²) in [5, 5.41) is 14.2. The lowest BCUT2D eigenvalue weighted by Gasteiger charge is -2.52. The Hall–Kier alpha value is -2.80. The third kappa shape index (κ3) is 9.39. The summed E-state index contributed by atoms with van der Waals surface area (Å²) in [4.78, 5) is 46.2. The van der Waals surface area contributed by atoms with Gasteiger partial charge in [-0.15, -0.1) is 18.3 Å². The molecule has 4 rings (SSSR count). The number of carbonyl (C=O) groups is 3. The molecule has 256 valence electrons. The highest BCUT2D eigenvalue weighted by Gasteiger charge is 2.54. The molecule has 0 radical (unpaired) electrons. The lowest BCUT2D eigenvalue weighted by atomic mass is 9.77. The smallest absolute Gasteiger partial charge is 0.254 e. The van der Waals surface area contributed by atoms with E-state index in [1.54, 1.807) is 24.0 Å². The number of piperidine rings is 1. The van der Waals surface area contributed by atoms with Crippen molar-refractivity contribution in [2.24, 2.45) is 0 Å². The van der Waals surface area contributed by atoms with E-state index in [0.29, 0.717) is 63.9 Å². The zero-order valence-corrected chi connectivity index (χ0v) is 29.0. The van der Waals surface area contributed by atoms with Gasteiger partial charge in [0.1, 0.15) is 17.3 Å². The Kier molecular flexibility index (Phi) is 14.7.